The monoisotopic (exact) mass is 283 g/mol. The van der Waals surface area contributed by atoms with E-state index in [-0.39, 0.29) is 24.5 Å². The van der Waals surface area contributed by atoms with Crippen LogP contribution in [0, 0.1) is 0 Å². The van der Waals surface area contributed by atoms with Gasteiger partial charge in [0.2, 0.25) is 0 Å². The van der Waals surface area contributed by atoms with Gasteiger partial charge in [-0.1, -0.05) is 0 Å². The lowest BCUT2D eigenvalue weighted by Crippen LogP contribution is -2.54. The first kappa shape index (κ1) is 15.1. The number of rotatable bonds is 3. The van der Waals surface area contributed by atoms with Gasteiger partial charge in [0.1, 0.15) is 0 Å². The highest BCUT2D eigenvalue weighted by molar-refractivity contribution is 5.75. The van der Waals surface area contributed by atoms with E-state index in [4.69, 9.17) is 10.8 Å². The van der Waals surface area contributed by atoms with Crippen LogP contribution in [0.4, 0.5) is 4.79 Å². The number of urea groups is 1. The van der Waals surface area contributed by atoms with Gasteiger partial charge in [0.05, 0.1) is 0 Å². The third kappa shape index (κ3) is 3.85. The molecule has 0 spiro atoms. The molecule has 114 valence electrons. The Labute approximate surface area is 119 Å². The van der Waals surface area contributed by atoms with Gasteiger partial charge in [0.25, 0.3) is 0 Å². The predicted molar refractivity (Wildman–Crippen MR) is 75.4 cm³/mol. The zero-order chi connectivity index (χ0) is 14.5. The van der Waals surface area contributed by atoms with Crippen molar-refractivity contribution < 1.29 is 14.7 Å². The Kier molecular flexibility index (Phi) is 5.23. The molecule has 0 aliphatic carbocycles. The van der Waals surface area contributed by atoms with Gasteiger partial charge in [0, 0.05) is 38.1 Å². The fourth-order valence-electron chi connectivity index (χ4n) is 3.21. The fraction of sp³-hybridized carbons (Fsp3) is 0.857. The molecule has 0 aromatic carbocycles. The second-order valence-electron chi connectivity index (χ2n) is 5.91. The van der Waals surface area contributed by atoms with Crippen molar-refractivity contribution in [3.63, 3.8) is 0 Å². The largest absolute Gasteiger partial charge is 0.481 e. The van der Waals surface area contributed by atoms with Crippen LogP contribution in [-0.2, 0) is 4.79 Å². The number of carboxylic acid groups (broad SMARTS) is 1. The standard InChI is InChI=1S/C14H25N3O3/c15-11-4-3-8-16(10-11)14(20)17-9-2-1-5-12(17)6-7-13(18)19/h11-12H,1-10,15H2,(H,18,19). The van der Waals surface area contributed by atoms with Crippen molar-refractivity contribution in [2.75, 3.05) is 19.6 Å². The molecule has 20 heavy (non-hydrogen) atoms. The van der Waals surface area contributed by atoms with Gasteiger partial charge in [-0.3, -0.25) is 4.79 Å². The van der Waals surface area contributed by atoms with Gasteiger partial charge in [-0.15, -0.1) is 0 Å². The summed E-state index contributed by atoms with van der Waals surface area (Å²) >= 11 is 0. The maximum absolute atomic E-state index is 12.6. The summed E-state index contributed by atoms with van der Waals surface area (Å²) < 4.78 is 0. The van der Waals surface area contributed by atoms with Crippen molar-refractivity contribution in [3.8, 4) is 0 Å². The number of nitrogens with two attached hydrogens (primary N) is 1. The molecule has 0 saturated carbocycles. The molecule has 2 heterocycles. The maximum Gasteiger partial charge on any atom is 0.320 e. The summed E-state index contributed by atoms with van der Waals surface area (Å²) in [4.78, 5) is 27.1. The number of aliphatic carboxylic acids is 1. The van der Waals surface area contributed by atoms with E-state index in [1.165, 1.54) is 0 Å². The second kappa shape index (κ2) is 6.92. The minimum absolute atomic E-state index is 0.0511. The molecular formula is C14H25N3O3. The SMILES string of the molecule is NC1CCCN(C(=O)N2CCCCC2CCC(=O)O)C1. The highest BCUT2D eigenvalue weighted by atomic mass is 16.4. The van der Waals surface area contributed by atoms with Crippen LogP contribution in [0.5, 0.6) is 0 Å². The van der Waals surface area contributed by atoms with Crippen LogP contribution in [0.1, 0.15) is 44.9 Å². The number of carbonyl (C=O) groups is 2. The number of amides is 2. The molecule has 6 nitrogen and oxygen atoms in total. The average molecular weight is 283 g/mol. The van der Waals surface area contributed by atoms with Crippen molar-refractivity contribution in [2.45, 2.75) is 57.0 Å². The molecule has 0 bridgehead atoms. The molecule has 2 aliphatic heterocycles. The third-order valence-electron chi connectivity index (χ3n) is 4.29. The van der Waals surface area contributed by atoms with Crippen LogP contribution in [0.2, 0.25) is 0 Å². The fourth-order valence-corrected chi connectivity index (χ4v) is 3.21. The minimum Gasteiger partial charge on any atom is -0.481 e. The second-order valence-corrected chi connectivity index (χ2v) is 5.91. The quantitative estimate of drug-likeness (QED) is 0.816. The van der Waals surface area contributed by atoms with E-state index in [9.17, 15) is 9.59 Å². The van der Waals surface area contributed by atoms with Gasteiger partial charge in [-0.2, -0.15) is 0 Å². The number of carboxylic acids is 1. The molecule has 2 unspecified atom stereocenters. The Morgan fingerprint density at radius 1 is 1.15 bits per heavy atom. The highest BCUT2D eigenvalue weighted by Gasteiger charge is 2.31. The van der Waals surface area contributed by atoms with Gasteiger partial charge >= 0.3 is 12.0 Å². The molecule has 2 saturated heterocycles. The summed E-state index contributed by atoms with van der Waals surface area (Å²) in [6.45, 7) is 2.14. The summed E-state index contributed by atoms with van der Waals surface area (Å²) in [7, 11) is 0. The van der Waals surface area contributed by atoms with E-state index in [0.717, 1.165) is 45.2 Å². The van der Waals surface area contributed by atoms with Crippen LogP contribution in [0.15, 0.2) is 0 Å². The van der Waals surface area contributed by atoms with Crippen LogP contribution >= 0.6 is 0 Å². The first-order valence-electron chi connectivity index (χ1n) is 7.61. The predicted octanol–water partition coefficient (Wildman–Crippen LogP) is 1.25. The Hall–Kier alpha value is -1.30. The van der Waals surface area contributed by atoms with E-state index in [1.807, 2.05) is 9.80 Å². The van der Waals surface area contributed by atoms with Crippen molar-refractivity contribution >= 4 is 12.0 Å². The molecule has 3 N–H and O–H groups in total. The summed E-state index contributed by atoms with van der Waals surface area (Å²) in [5.41, 5.74) is 5.94. The molecule has 2 aliphatic rings. The van der Waals surface area contributed by atoms with Crippen molar-refractivity contribution in [1.29, 1.82) is 0 Å². The maximum atomic E-state index is 12.6. The number of piperidine rings is 2. The van der Waals surface area contributed by atoms with Gasteiger partial charge < -0.3 is 20.6 Å². The summed E-state index contributed by atoms with van der Waals surface area (Å²) in [5, 5.41) is 8.82. The van der Waals surface area contributed by atoms with E-state index in [0.29, 0.717) is 13.0 Å². The average Bonchev–Trinajstić information content (AvgIpc) is 2.44. The summed E-state index contributed by atoms with van der Waals surface area (Å²) in [5.74, 6) is -0.789. The Bertz CT molecular complexity index is 362. The number of carbonyl (C=O) groups excluding carboxylic acids is 1. The third-order valence-corrected chi connectivity index (χ3v) is 4.29. The lowest BCUT2D eigenvalue weighted by atomic mass is 9.98. The lowest BCUT2D eigenvalue weighted by molar-refractivity contribution is -0.137. The van der Waals surface area contributed by atoms with E-state index in [1.54, 1.807) is 0 Å². The number of nitrogens with zero attached hydrogens (tertiary/aromatic N) is 2. The van der Waals surface area contributed by atoms with E-state index < -0.39 is 5.97 Å². The molecule has 2 atom stereocenters. The van der Waals surface area contributed by atoms with Crippen molar-refractivity contribution in [3.05, 3.63) is 0 Å². The first-order valence-corrected chi connectivity index (χ1v) is 7.61. The molecule has 0 radical (unpaired) electrons. The molecule has 2 rings (SSSR count). The zero-order valence-corrected chi connectivity index (χ0v) is 12.0. The molecule has 2 fully saturated rings. The van der Waals surface area contributed by atoms with E-state index in [2.05, 4.69) is 0 Å². The summed E-state index contributed by atoms with van der Waals surface area (Å²) in [6, 6.07) is 0.204. The molecule has 2 amide bonds. The molecular weight excluding hydrogens is 258 g/mol. The van der Waals surface area contributed by atoms with Crippen LogP contribution in [-0.4, -0.2) is 58.6 Å². The Morgan fingerprint density at radius 2 is 1.95 bits per heavy atom. The van der Waals surface area contributed by atoms with Crippen molar-refractivity contribution in [1.82, 2.24) is 9.80 Å². The smallest absolute Gasteiger partial charge is 0.320 e. The number of hydrogen-bond acceptors (Lipinski definition) is 3. The van der Waals surface area contributed by atoms with E-state index >= 15 is 0 Å². The molecule has 0 aromatic rings. The minimum atomic E-state index is -0.789. The molecule has 6 heteroatoms. The first-order chi connectivity index (χ1) is 9.58. The van der Waals surface area contributed by atoms with Gasteiger partial charge in [-0.05, 0) is 38.5 Å². The number of hydrogen-bond donors (Lipinski definition) is 2. The Morgan fingerprint density at radius 3 is 2.65 bits per heavy atom. The topological polar surface area (TPSA) is 86.9 Å². The van der Waals surface area contributed by atoms with Crippen LogP contribution in [0.3, 0.4) is 0 Å². The number of likely N-dealkylation sites (tertiary alicyclic amines) is 2. The van der Waals surface area contributed by atoms with Crippen LogP contribution in [0.25, 0.3) is 0 Å². The van der Waals surface area contributed by atoms with Crippen molar-refractivity contribution in [2.24, 2.45) is 5.73 Å². The van der Waals surface area contributed by atoms with Gasteiger partial charge in [-0.25, -0.2) is 4.79 Å². The molecule has 0 aromatic heterocycles. The summed E-state index contributed by atoms with van der Waals surface area (Å²) in [6.07, 6.45) is 5.63. The van der Waals surface area contributed by atoms with Gasteiger partial charge in [0.15, 0.2) is 0 Å². The normalized spacial score (nSPS) is 27.4. The zero-order valence-electron chi connectivity index (χ0n) is 12.0. The van der Waals surface area contributed by atoms with Crippen LogP contribution < -0.4 is 5.73 Å². The Balaban J connectivity index is 1.95. The lowest BCUT2D eigenvalue weighted by Gasteiger charge is -2.41. The highest BCUT2D eigenvalue weighted by Crippen LogP contribution is 2.23.